The monoisotopic (exact) mass is 405 g/mol. The van der Waals surface area contributed by atoms with E-state index >= 15 is 0 Å². The molecule has 4 atom stereocenters. The van der Waals surface area contributed by atoms with Crippen LogP contribution >= 0.6 is 0 Å². The van der Waals surface area contributed by atoms with Crippen LogP contribution < -0.4 is 5.32 Å². The summed E-state index contributed by atoms with van der Waals surface area (Å²) >= 11 is 0. The van der Waals surface area contributed by atoms with Gasteiger partial charge in [-0.3, -0.25) is 14.4 Å². The summed E-state index contributed by atoms with van der Waals surface area (Å²) in [5.41, 5.74) is 3.54. The summed E-state index contributed by atoms with van der Waals surface area (Å²) in [4.78, 5) is 38.3. The maximum absolute atomic E-state index is 13.1. The molecule has 30 heavy (non-hydrogen) atoms. The third-order valence-corrected chi connectivity index (χ3v) is 6.69. The predicted molar refractivity (Wildman–Crippen MR) is 114 cm³/mol. The molecular weight excluding hydrogens is 378 g/mol. The summed E-state index contributed by atoms with van der Waals surface area (Å²) in [6, 6.07) is 14.8. The standard InChI is InChI=1S/C25H27NO4/c1-15-8-11-20(12-16(15)2)26-21(27)14-30-25(29)23-19-10-9-18(13-19)22(23)24(28)17-6-4-3-5-7-17/h3-8,11-12,18-19,22-23H,9-10,13-14H2,1-2H3,(H,26,27)/t18-,19+,22-,23+/m0/s1. The van der Waals surface area contributed by atoms with Crippen LogP contribution in [0.1, 0.15) is 40.7 Å². The summed E-state index contributed by atoms with van der Waals surface area (Å²) in [7, 11) is 0. The Morgan fingerprint density at radius 1 is 0.933 bits per heavy atom. The third kappa shape index (κ3) is 4.02. The van der Waals surface area contributed by atoms with Gasteiger partial charge >= 0.3 is 5.97 Å². The van der Waals surface area contributed by atoms with Gasteiger partial charge in [0, 0.05) is 17.2 Å². The van der Waals surface area contributed by atoms with Gasteiger partial charge in [0.05, 0.1) is 5.92 Å². The van der Waals surface area contributed by atoms with Gasteiger partial charge in [-0.05, 0) is 68.2 Å². The van der Waals surface area contributed by atoms with Crippen molar-refractivity contribution >= 4 is 23.3 Å². The van der Waals surface area contributed by atoms with Crippen LogP contribution in [0.4, 0.5) is 5.69 Å². The van der Waals surface area contributed by atoms with E-state index < -0.39 is 11.9 Å². The Bertz CT molecular complexity index is 968. The molecule has 156 valence electrons. The molecule has 4 rings (SSSR count). The zero-order chi connectivity index (χ0) is 21.3. The summed E-state index contributed by atoms with van der Waals surface area (Å²) in [5, 5.41) is 2.77. The lowest BCUT2D eigenvalue weighted by molar-refractivity contribution is -0.154. The number of ketones is 1. The number of ether oxygens (including phenoxy) is 1. The van der Waals surface area contributed by atoms with Crippen molar-refractivity contribution in [3.05, 3.63) is 65.2 Å². The van der Waals surface area contributed by atoms with Crippen LogP contribution in [0.25, 0.3) is 0 Å². The van der Waals surface area contributed by atoms with E-state index in [9.17, 15) is 14.4 Å². The molecule has 5 nitrogen and oxygen atoms in total. The number of amides is 1. The summed E-state index contributed by atoms with van der Waals surface area (Å²) in [5.74, 6) is -1.18. The molecule has 0 unspecified atom stereocenters. The third-order valence-electron chi connectivity index (χ3n) is 6.69. The number of anilines is 1. The summed E-state index contributed by atoms with van der Waals surface area (Å²) in [6.07, 6.45) is 2.81. The predicted octanol–water partition coefficient (Wildman–Crippen LogP) is 4.33. The van der Waals surface area contributed by atoms with Crippen LogP contribution in [0.5, 0.6) is 0 Å². The van der Waals surface area contributed by atoms with Crippen molar-refractivity contribution < 1.29 is 19.1 Å². The first-order valence-electron chi connectivity index (χ1n) is 10.6. The minimum absolute atomic E-state index is 0.0179. The molecule has 1 N–H and O–H groups in total. The Morgan fingerprint density at radius 2 is 1.63 bits per heavy atom. The minimum atomic E-state index is -0.453. The molecule has 0 aromatic heterocycles. The van der Waals surface area contributed by atoms with E-state index in [1.807, 2.05) is 50.2 Å². The fraction of sp³-hybridized carbons (Fsp3) is 0.400. The second-order valence-corrected chi connectivity index (χ2v) is 8.57. The maximum Gasteiger partial charge on any atom is 0.310 e. The Hall–Kier alpha value is -2.95. The highest BCUT2D eigenvalue weighted by Gasteiger charge is 2.54. The quantitative estimate of drug-likeness (QED) is 0.573. The van der Waals surface area contributed by atoms with E-state index in [0.717, 1.165) is 30.4 Å². The van der Waals surface area contributed by atoms with Crippen LogP contribution in [-0.2, 0) is 14.3 Å². The molecule has 2 fully saturated rings. The van der Waals surface area contributed by atoms with Crippen molar-refractivity contribution in [2.75, 3.05) is 11.9 Å². The minimum Gasteiger partial charge on any atom is -0.455 e. The van der Waals surface area contributed by atoms with Crippen molar-refractivity contribution in [2.24, 2.45) is 23.7 Å². The molecule has 0 radical (unpaired) electrons. The second kappa shape index (κ2) is 8.42. The number of carbonyl (C=O) groups is 3. The fourth-order valence-electron chi connectivity index (χ4n) is 5.05. The lowest BCUT2D eigenvalue weighted by Crippen LogP contribution is -2.37. The normalized spacial score (nSPS) is 24.5. The average molecular weight is 405 g/mol. The lowest BCUT2D eigenvalue weighted by Gasteiger charge is -2.28. The van der Waals surface area contributed by atoms with E-state index in [1.165, 1.54) is 0 Å². The number of nitrogens with one attached hydrogen (secondary N) is 1. The number of Topliss-reactive ketones (excluding diaryl/α,β-unsaturated/α-hetero) is 1. The smallest absolute Gasteiger partial charge is 0.310 e. The Balaban J connectivity index is 1.39. The van der Waals surface area contributed by atoms with Gasteiger partial charge < -0.3 is 10.1 Å². The van der Waals surface area contributed by atoms with Crippen LogP contribution in [0, 0.1) is 37.5 Å². The topological polar surface area (TPSA) is 72.5 Å². The van der Waals surface area contributed by atoms with Gasteiger partial charge in [0.15, 0.2) is 12.4 Å². The number of esters is 1. The van der Waals surface area contributed by atoms with Crippen LogP contribution in [0.3, 0.4) is 0 Å². The molecule has 0 saturated heterocycles. The van der Waals surface area contributed by atoms with Gasteiger partial charge in [-0.1, -0.05) is 36.4 Å². The molecular formula is C25H27NO4. The molecule has 2 aliphatic rings. The van der Waals surface area contributed by atoms with Crippen LogP contribution in [0.15, 0.2) is 48.5 Å². The second-order valence-electron chi connectivity index (χ2n) is 8.57. The van der Waals surface area contributed by atoms with Crippen molar-refractivity contribution in [2.45, 2.75) is 33.1 Å². The molecule has 1 amide bonds. The number of fused-ring (bicyclic) bond motifs is 2. The van der Waals surface area contributed by atoms with Crippen LogP contribution in [0.2, 0.25) is 0 Å². The largest absolute Gasteiger partial charge is 0.455 e. The molecule has 2 aliphatic carbocycles. The zero-order valence-corrected chi connectivity index (χ0v) is 17.4. The zero-order valence-electron chi connectivity index (χ0n) is 17.4. The number of benzene rings is 2. The fourth-order valence-corrected chi connectivity index (χ4v) is 5.05. The number of hydrogen-bond donors (Lipinski definition) is 1. The van der Waals surface area contributed by atoms with E-state index in [-0.39, 0.29) is 36.1 Å². The average Bonchev–Trinajstić information content (AvgIpc) is 3.36. The Morgan fingerprint density at radius 3 is 2.33 bits per heavy atom. The van der Waals surface area contributed by atoms with Crippen molar-refractivity contribution in [1.29, 1.82) is 0 Å². The van der Waals surface area contributed by atoms with Crippen molar-refractivity contribution in [3.63, 3.8) is 0 Å². The first kappa shape index (κ1) is 20.3. The van der Waals surface area contributed by atoms with Gasteiger partial charge in [0.2, 0.25) is 0 Å². The summed E-state index contributed by atoms with van der Waals surface area (Å²) < 4.78 is 5.38. The first-order chi connectivity index (χ1) is 14.4. The molecule has 2 bridgehead atoms. The molecule has 0 heterocycles. The molecule has 0 aliphatic heterocycles. The highest BCUT2D eigenvalue weighted by atomic mass is 16.5. The molecule has 2 aromatic carbocycles. The molecule has 2 aromatic rings. The molecule has 0 spiro atoms. The maximum atomic E-state index is 13.1. The SMILES string of the molecule is Cc1ccc(NC(=O)COC(=O)[C@@H]2[C@@H]3CC[C@@H](C3)[C@@H]2C(=O)c2ccccc2)cc1C. The van der Waals surface area contributed by atoms with E-state index in [0.29, 0.717) is 11.3 Å². The number of carbonyl (C=O) groups excluding carboxylic acids is 3. The Kier molecular flexibility index (Phi) is 5.71. The summed E-state index contributed by atoms with van der Waals surface area (Å²) in [6.45, 7) is 3.64. The van der Waals surface area contributed by atoms with E-state index in [4.69, 9.17) is 4.74 Å². The van der Waals surface area contributed by atoms with Gasteiger partial charge in [-0.2, -0.15) is 0 Å². The van der Waals surface area contributed by atoms with Crippen molar-refractivity contribution in [1.82, 2.24) is 0 Å². The number of rotatable bonds is 6. The van der Waals surface area contributed by atoms with Gasteiger partial charge in [-0.25, -0.2) is 0 Å². The number of hydrogen-bond acceptors (Lipinski definition) is 4. The lowest BCUT2D eigenvalue weighted by atomic mass is 9.75. The van der Waals surface area contributed by atoms with Crippen LogP contribution in [-0.4, -0.2) is 24.3 Å². The number of aryl methyl sites for hydroxylation is 2. The highest BCUT2D eigenvalue weighted by molar-refractivity contribution is 6.01. The molecule has 2 saturated carbocycles. The van der Waals surface area contributed by atoms with Crippen molar-refractivity contribution in [3.8, 4) is 0 Å². The van der Waals surface area contributed by atoms with E-state index in [1.54, 1.807) is 12.1 Å². The Labute approximate surface area is 176 Å². The van der Waals surface area contributed by atoms with Gasteiger partial charge in [0.1, 0.15) is 0 Å². The highest BCUT2D eigenvalue weighted by Crippen LogP contribution is 2.53. The molecule has 5 heteroatoms. The first-order valence-corrected chi connectivity index (χ1v) is 10.6. The van der Waals surface area contributed by atoms with E-state index in [2.05, 4.69) is 5.32 Å². The van der Waals surface area contributed by atoms with Gasteiger partial charge in [-0.15, -0.1) is 0 Å². The van der Waals surface area contributed by atoms with Gasteiger partial charge in [0.25, 0.3) is 5.91 Å².